The van der Waals surface area contributed by atoms with E-state index in [4.69, 9.17) is 0 Å². The van der Waals surface area contributed by atoms with Crippen molar-refractivity contribution >= 4 is 22.3 Å². The molecule has 0 amide bonds. The molecule has 0 spiro atoms. The molecule has 1 heterocycles. The van der Waals surface area contributed by atoms with Crippen LogP contribution in [0.15, 0.2) is 36.4 Å². The molecule has 19 heavy (non-hydrogen) atoms. The number of nitrogens with zero attached hydrogens (tertiary/aromatic N) is 2. The Labute approximate surface area is 111 Å². The molecule has 1 N–H and O–H groups in total. The zero-order chi connectivity index (χ0) is 14.0. The Morgan fingerprint density at radius 1 is 1.47 bits per heavy atom. The second-order valence-electron chi connectivity index (χ2n) is 4.58. The molecule has 0 saturated heterocycles. The van der Waals surface area contributed by atoms with Crippen molar-refractivity contribution in [2.45, 2.75) is 13.8 Å². The first-order valence-electron chi connectivity index (χ1n) is 5.91. The second-order valence-corrected chi connectivity index (χ2v) is 4.58. The van der Waals surface area contributed by atoms with Crippen LogP contribution in [0.2, 0.25) is 0 Å². The Morgan fingerprint density at radius 3 is 2.84 bits per heavy atom. The quantitative estimate of drug-likeness (QED) is 0.517. The maximum atomic E-state index is 10.8. The summed E-state index contributed by atoms with van der Waals surface area (Å²) in [4.78, 5) is 14.8. The molecule has 0 saturated carbocycles. The summed E-state index contributed by atoms with van der Waals surface area (Å²) in [6.07, 6.45) is 0. The van der Waals surface area contributed by atoms with Crippen LogP contribution in [0, 0.1) is 17.0 Å². The normalized spacial score (nSPS) is 10.4. The van der Waals surface area contributed by atoms with Gasteiger partial charge in [0, 0.05) is 35.4 Å². The van der Waals surface area contributed by atoms with Crippen molar-refractivity contribution in [2.24, 2.45) is 0 Å². The number of hydrogen-bond acceptors (Lipinski definition) is 4. The fraction of sp³-hybridized carbons (Fsp3) is 0.214. The van der Waals surface area contributed by atoms with Gasteiger partial charge in [-0.05, 0) is 26.0 Å². The van der Waals surface area contributed by atoms with Crippen molar-refractivity contribution < 1.29 is 4.92 Å². The van der Waals surface area contributed by atoms with Crippen LogP contribution in [0.25, 0.3) is 10.9 Å². The molecule has 0 unspecified atom stereocenters. The molecule has 0 atom stereocenters. The van der Waals surface area contributed by atoms with Crippen molar-refractivity contribution in [3.8, 4) is 0 Å². The number of nitrogens with one attached hydrogen (secondary N) is 1. The van der Waals surface area contributed by atoms with Crippen molar-refractivity contribution in [1.82, 2.24) is 4.98 Å². The number of benzene rings is 1. The van der Waals surface area contributed by atoms with Gasteiger partial charge >= 0.3 is 0 Å². The first-order chi connectivity index (χ1) is 8.97. The highest BCUT2D eigenvalue weighted by Gasteiger charge is 2.10. The van der Waals surface area contributed by atoms with E-state index in [1.54, 1.807) is 12.1 Å². The second kappa shape index (κ2) is 5.06. The lowest BCUT2D eigenvalue weighted by molar-refractivity contribution is -0.384. The molecule has 0 bridgehead atoms. The first kappa shape index (κ1) is 13.0. The van der Waals surface area contributed by atoms with Gasteiger partial charge in [0.05, 0.1) is 10.4 Å². The monoisotopic (exact) mass is 257 g/mol. The number of non-ortho nitro benzene ring substituents is 1. The largest absolute Gasteiger partial charge is 0.381 e. The minimum absolute atomic E-state index is 0.0662. The number of anilines is 1. The Hall–Kier alpha value is -2.43. The Bertz CT molecular complexity index is 665. The topological polar surface area (TPSA) is 68.1 Å². The minimum Gasteiger partial charge on any atom is -0.381 e. The van der Waals surface area contributed by atoms with Gasteiger partial charge in [0.15, 0.2) is 0 Å². The summed E-state index contributed by atoms with van der Waals surface area (Å²) in [5.74, 6) is 0. The van der Waals surface area contributed by atoms with E-state index >= 15 is 0 Å². The van der Waals surface area contributed by atoms with Crippen molar-refractivity contribution in [3.05, 3.63) is 52.2 Å². The Morgan fingerprint density at radius 2 is 2.21 bits per heavy atom. The minimum atomic E-state index is -0.401. The number of pyridine rings is 1. The average molecular weight is 257 g/mol. The number of nitro groups is 1. The fourth-order valence-electron chi connectivity index (χ4n) is 1.85. The third kappa shape index (κ3) is 2.88. The van der Waals surface area contributed by atoms with E-state index in [0.717, 1.165) is 27.9 Å². The van der Waals surface area contributed by atoms with Crippen LogP contribution in [0.5, 0.6) is 0 Å². The number of fused-ring (bicyclic) bond motifs is 1. The van der Waals surface area contributed by atoms with E-state index in [0.29, 0.717) is 6.54 Å². The molecule has 2 aromatic rings. The van der Waals surface area contributed by atoms with E-state index in [2.05, 4.69) is 16.9 Å². The lowest BCUT2D eigenvalue weighted by atomic mass is 10.1. The highest BCUT2D eigenvalue weighted by atomic mass is 16.6. The summed E-state index contributed by atoms with van der Waals surface area (Å²) in [6, 6.07) is 6.57. The molecule has 0 fully saturated rings. The van der Waals surface area contributed by atoms with Crippen LogP contribution >= 0.6 is 0 Å². The Kier molecular flexibility index (Phi) is 3.46. The lowest BCUT2D eigenvalue weighted by Crippen LogP contribution is -2.03. The van der Waals surface area contributed by atoms with Crippen LogP contribution in [0.1, 0.15) is 12.6 Å². The van der Waals surface area contributed by atoms with Crippen LogP contribution in [0.4, 0.5) is 11.4 Å². The van der Waals surface area contributed by atoms with Crippen LogP contribution < -0.4 is 5.32 Å². The molecular weight excluding hydrogens is 242 g/mol. The van der Waals surface area contributed by atoms with Crippen molar-refractivity contribution in [1.29, 1.82) is 0 Å². The van der Waals surface area contributed by atoms with E-state index in [1.807, 2.05) is 19.9 Å². The van der Waals surface area contributed by atoms with Gasteiger partial charge in [0.1, 0.15) is 0 Å². The molecular formula is C14H15N3O2. The van der Waals surface area contributed by atoms with Gasteiger partial charge in [-0.15, -0.1) is 0 Å². The maximum Gasteiger partial charge on any atom is 0.270 e. The zero-order valence-corrected chi connectivity index (χ0v) is 10.9. The van der Waals surface area contributed by atoms with Crippen molar-refractivity contribution in [2.75, 3.05) is 11.9 Å². The third-order valence-electron chi connectivity index (χ3n) is 2.71. The molecule has 5 nitrogen and oxygen atoms in total. The highest BCUT2D eigenvalue weighted by Crippen LogP contribution is 2.27. The number of nitro benzene ring substituents is 1. The number of hydrogen-bond donors (Lipinski definition) is 1. The van der Waals surface area contributed by atoms with Crippen molar-refractivity contribution in [3.63, 3.8) is 0 Å². The molecule has 1 aromatic heterocycles. The van der Waals surface area contributed by atoms with Gasteiger partial charge in [-0.25, -0.2) is 0 Å². The Balaban J connectivity index is 2.55. The van der Waals surface area contributed by atoms with Gasteiger partial charge in [-0.1, -0.05) is 12.2 Å². The summed E-state index contributed by atoms with van der Waals surface area (Å²) in [7, 11) is 0. The fourth-order valence-corrected chi connectivity index (χ4v) is 1.85. The number of rotatable bonds is 4. The standard InChI is InChI=1S/C14H15N3O2/c1-9(2)8-15-14-6-10(3)16-13-5-4-11(17(18)19)7-12(13)14/h4-7H,1,8H2,2-3H3,(H,15,16). The maximum absolute atomic E-state index is 10.8. The van der Waals surface area contributed by atoms with E-state index in [9.17, 15) is 10.1 Å². The molecule has 0 aliphatic carbocycles. The van der Waals surface area contributed by atoms with Gasteiger partial charge in [0.2, 0.25) is 0 Å². The molecule has 0 radical (unpaired) electrons. The summed E-state index contributed by atoms with van der Waals surface area (Å²) < 4.78 is 0. The summed E-state index contributed by atoms with van der Waals surface area (Å²) in [5.41, 5.74) is 3.51. The average Bonchev–Trinajstić information content (AvgIpc) is 2.35. The summed E-state index contributed by atoms with van der Waals surface area (Å²) in [5, 5.41) is 14.8. The zero-order valence-electron chi connectivity index (χ0n) is 10.9. The van der Waals surface area contributed by atoms with E-state index in [-0.39, 0.29) is 5.69 Å². The molecule has 98 valence electrons. The highest BCUT2D eigenvalue weighted by molar-refractivity contribution is 5.93. The van der Waals surface area contributed by atoms with Crippen LogP contribution in [-0.4, -0.2) is 16.5 Å². The number of aryl methyl sites for hydroxylation is 1. The molecule has 5 heteroatoms. The third-order valence-corrected chi connectivity index (χ3v) is 2.71. The molecule has 0 aliphatic heterocycles. The molecule has 1 aromatic carbocycles. The SMILES string of the molecule is C=C(C)CNc1cc(C)nc2ccc([N+](=O)[O-])cc12. The van der Waals surface area contributed by atoms with Gasteiger partial charge in [-0.2, -0.15) is 0 Å². The summed E-state index contributed by atoms with van der Waals surface area (Å²) >= 11 is 0. The van der Waals surface area contributed by atoms with Crippen LogP contribution in [-0.2, 0) is 0 Å². The van der Waals surface area contributed by atoms with E-state index in [1.165, 1.54) is 6.07 Å². The summed E-state index contributed by atoms with van der Waals surface area (Å²) in [6.45, 7) is 8.28. The predicted molar refractivity (Wildman–Crippen MR) is 76.4 cm³/mol. The van der Waals surface area contributed by atoms with E-state index < -0.39 is 4.92 Å². The molecule has 0 aliphatic rings. The van der Waals surface area contributed by atoms with Gasteiger partial charge < -0.3 is 5.32 Å². The predicted octanol–water partition coefficient (Wildman–Crippen LogP) is 3.44. The molecule has 2 rings (SSSR count). The first-order valence-corrected chi connectivity index (χ1v) is 5.91. The van der Waals surface area contributed by atoms with Crippen LogP contribution in [0.3, 0.4) is 0 Å². The van der Waals surface area contributed by atoms with Gasteiger partial charge in [0.25, 0.3) is 5.69 Å². The smallest absolute Gasteiger partial charge is 0.270 e. The number of aromatic nitrogens is 1. The van der Waals surface area contributed by atoms with Gasteiger partial charge in [-0.3, -0.25) is 15.1 Å². The lowest BCUT2D eigenvalue weighted by Gasteiger charge is -2.10.